The summed E-state index contributed by atoms with van der Waals surface area (Å²) in [6.45, 7) is 0.887. The van der Waals surface area contributed by atoms with Crippen molar-refractivity contribution in [3.8, 4) is 0 Å². The molecular formula is C10H17NO2. The number of fused-ring (bicyclic) bond motifs is 1. The van der Waals surface area contributed by atoms with Crippen molar-refractivity contribution in [3.63, 3.8) is 0 Å². The van der Waals surface area contributed by atoms with Gasteiger partial charge in [-0.05, 0) is 31.2 Å². The van der Waals surface area contributed by atoms with Crippen LogP contribution in [0.15, 0.2) is 0 Å². The van der Waals surface area contributed by atoms with E-state index in [-0.39, 0.29) is 6.04 Å². The summed E-state index contributed by atoms with van der Waals surface area (Å²) in [7, 11) is 0. The maximum Gasteiger partial charge on any atom is 0.320 e. The van der Waals surface area contributed by atoms with Crippen molar-refractivity contribution in [1.82, 2.24) is 5.32 Å². The van der Waals surface area contributed by atoms with Gasteiger partial charge in [-0.25, -0.2) is 0 Å². The fourth-order valence-electron chi connectivity index (χ4n) is 2.88. The van der Waals surface area contributed by atoms with E-state index < -0.39 is 5.97 Å². The average molecular weight is 183 g/mol. The van der Waals surface area contributed by atoms with Crippen LogP contribution >= 0.6 is 0 Å². The molecule has 3 heteroatoms. The lowest BCUT2D eigenvalue weighted by atomic mass is 9.72. The minimum atomic E-state index is -0.656. The van der Waals surface area contributed by atoms with Gasteiger partial charge in [-0.2, -0.15) is 0 Å². The number of carboxylic acid groups (broad SMARTS) is 1. The highest BCUT2D eigenvalue weighted by Crippen LogP contribution is 2.36. The highest BCUT2D eigenvalue weighted by atomic mass is 16.4. The highest BCUT2D eigenvalue weighted by molar-refractivity contribution is 5.74. The van der Waals surface area contributed by atoms with Gasteiger partial charge in [-0.1, -0.05) is 19.3 Å². The monoisotopic (exact) mass is 183 g/mol. The van der Waals surface area contributed by atoms with Gasteiger partial charge < -0.3 is 10.4 Å². The smallest absolute Gasteiger partial charge is 0.320 e. The van der Waals surface area contributed by atoms with Crippen molar-refractivity contribution >= 4 is 5.97 Å². The van der Waals surface area contributed by atoms with E-state index in [9.17, 15) is 4.79 Å². The Morgan fingerprint density at radius 3 is 2.77 bits per heavy atom. The predicted octanol–water partition coefficient (Wildman–Crippen LogP) is 1.24. The Bertz CT molecular complexity index is 203. The van der Waals surface area contributed by atoms with Crippen molar-refractivity contribution in [2.24, 2.45) is 11.8 Å². The van der Waals surface area contributed by atoms with Gasteiger partial charge >= 0.3 is 5.97 Å². The molecule has 1 saturated carbocycles. The van der Waals surface area contributed by atoms with Gasteiger partial charge in [0.1, 0.15) is 6.04 Å². The zero-order valence-corrected chi connectivity index (χ0v) is 7.83. The molecule has 74 valence electrons. The Labute approximate surface area is 78.5 Å². The summed E-state index contributed by atoms with van der Waals surface area (Å²) in [6.07, 6.45) is 6.04. The highest BCUT2D eigenvalue weighted by Gasteiger charge is 2.38. The molecule has 0 radical (unpaired) electrons. The number of rotatable bonds is 1. The van der Waals surface area contributed by atoms with E-state index in [2.05, 4.69) is 5.32 Å². The van der Waals surface area contributed by atoms with Crippen LogP contribution in [-0.2, 0) is 4.79 Å². The number of nitrogens with one attached hydrogen (secondary N) is 1. The zero-order chi connectivity index (χ0) is 9.26. The van der Waals surface area contributed by atoms with Gasteiger partial charge in [-0.15, -0.1) is 0 Å². The van der Waals surface area contributed by atoms with Crippen LogP contribution < -0.4 is 5.32 Å². The number of carboxylic acids is 1. The van der Waals surface area contributed by atoms with E-state index in [1.54, 1.807) is 0 Å². The van der Waals surface area contributed by atoms with Gasteiger partial charge in [-0.3, -0.25) is 4.79 Å². The second kappa shape index (κ2) is 3.66. The third-order valence-corrected chi connectivity index (χ3v) is 3.54. The summed E-state index contributed by atoms with van der Waals surface area (Å²) in [5.41, 5.74) is 0. The van der Waals surface area contributed by atoms with E-state index in [1.165, 1.54) is 25.7 Å². The first kappa shape index (κ1) is 9.00. The molecule has 1 saturated heterocycles. The summed E-state index contributed by atoms with van der Waals surface area (Å²) in [4.78, 5) is 10.9. The van der Waals surface area contributed by atoms with Crippen LogP contribution in [0, 0.1) is 11.8 Å². The number of hydrogen-bond donors (Lipinski definition) is 2. The molecule has 1 aliphatic heterocycles. The molecule has 0 bridgehead atoms. The first-order chi connectivity index (χ1) is 6.29. The molecule has 0 spiro atoms. The maximum atomic E-state index is 10.9. The van der Waals surface area contributed by atoms with Crippen molar-refractivity contribution < 1.29 is 9.90 Å². The average Bonchev–Trinajstić information content (AvgIpc) is 2.17. The van der Waals surface area contributed by atoms with Crippen LogP contribution in [0.25, 0.3) is 0 Å². The number of carbonyl (C=O) groups is 1. The van der Waals surface area contributed by atoms with E-state index in [0.29, 0.717) is 11.8 Å². The Morgan fingerprint density at radius 2 is 2.00 bits per heavy atom. The largest absolute Gasteiger partial charge is 0.480 e. The van der Waals surface area contributed by atoms with E-state index in [1.807, 2.05) is 0 Å². The fourth-order valence-corrected chi connectivity index (χ4v) is 2.88. The molecule has 3 atom stereocenters. The van der Waals surface area contributed by atoms with Crippen LogP contribution in [0.1, 0.15) is 32.1 Å². The standard InChI is InChI=1S/C10H17NO2/c12-10(13)9-8-4-2-1-3-7(8)5-6-11-9/h7-9,11H,1-6H2,(H,12,13)/t7-,8-,9+/m1/s1. The molecule has 2 rings (SSSR count). The minimum absolute atomic E-state index is 0.265. The molecule has 3 nitrogen and oxygen atoms in total. The van der Waals surface area contributed by atoms with E-state index in [0.717, 1.165) is 13.0 Å². The van der Waals surface area contributed by atoms with E-state index in [4.69, 9.17) is 5.11 Å². The molecule has 0 amide bonds. The number of hydrogen-bond acceptors (Lipinski definition) is 2. The maximum absolute atomic E-state index is 10.9. The zero-order valence-electron chi connectivity index (χ0n) is 7.83. The third kappa shape index (κ3) is 1.70. The van der Waals surface area contributed by atoms with Gasteiger partial charge in [0.15, 0.2) is 0 Å². The lowest BCUT2D eigenvalue weighted by Gasteiger charge is -2.39. The first-order valence-corrected chi connectivity index (χ1v) is 5.25. The normalized spacial score (nSPS) is 39.5. The molecule has 0 aromatic rings. The van der Waals surface area contributed by atoms with Gasteiger partial charge in [0.25, 0.3) is 0 Å². The summed E-state index contributed by atoms with van der Waals surface area (Å²) < 4.78 is 0. The molecule has 2 N–H and O–H groups in total. The number of piperidine rings is 1. The molecule has 0 aromatic heterocycles. The Kier molecular flexibility index (Phi) is 2.54. The Morgan fingerprint density at radius 1 is 1.23 bits per heavy atom. The Balaban J connectivity index is 2.06. The summed E-state index contributed by atoms with van der Waals surface area (Å²) >= 11 is 0. The van der Waals surface area contributed by atoms with Crippen molar-refractivity contribution in [2.75, 3.05) is 6.54 Å². The minimum Gasteiger partial charge on any atom is -0.480 e. The van der Waals surface area contributed by atoms with Gasteiger partial charge in [0, 0.05) is 0 Å². The predicted molar refractivity (Wildman–Crippen MR) is 49.5 cm³/mol. The Hall–Kier alpha value is -0.570. The third-order valence-electron chi connectivity index (χ3n) is 3.54. The summed E-state index contributed by atoms with van der Waals surface area (Å²) in [6, 6.07) is -0.265. The molecule has 0 unspecified atom stereocenters. The van der Waals surface area contributed by atoms with Crippen LogP contribution in [0.3, 0.4) is 0 Å². The lowest BCUT2D eigenvalue weighted by Crippen LogP contribution is -2.51. The summed E-state index contributed by atoms with van der Waals surface area (Å²) in [5.74, 6) is 0.424. The lowest BCUT2D eigenvalue weighted by molar-refractivity contribution is -0.143. The molecule has 13 heavy (non-hydrogen) atoms. The molecule has 0 aromatic carbocycles. The van der Waals surface area contributed by atoms with Crippen LogP contribution in [0.2, 0.25) is 0 Å². The molecule has 1 heterocycles. The number of aliphatic carboxylic acids is 1. The molecule has 2 aliphatic rings. The SMILES string of the molecule is O=C(O)[C@H]1NCC[C@H]2CCCC[C@H]21. The van der Waals surface area contributed by atoms with Crippen LogP contribution in [0.4, 0.5) is 0 Å². The molecule has 2 fully saturated rings. The quantitative estimate of drug-likeness (QED) is 0.643. The summed E-state index contributed by atoms with van der Waals surface area (Å²) in [5, 5.41) is 12.1. The molecule has 1 aliphatic carbocycles. The van der Waals surface area contributed by atoms with Gasteiger partial charge in [0.05, 0.1) is 0 Å². The second-order valence-corrected chi connectivity index (χ2v) is 4.27. The topological polar surface area (TPSA) is 49.3 Å². The van der Waals surface area contributed by atoms with Gasteiger partial charge in [0.2, 0.25) is 0 Å². The first-order valence-electron chi connectivity index (χ1n) is 5.25. The van der Waals surface area contributed by atoms with E-state index >= 15 is 0 Å². The molecular weight excluding hydrogens is 166 g/mol. The van der Waals surface area contributed by atoms with Crippen molar-refractivity contribution in [3.05, 3.63) is 0 Å². The van der Waals surface area contributed by atoms with Crippen LogP contribution in [-0.4, -0.2) is 23.7 Å². The van der Waals surface area contributed by atoms with Crippen molar-refractivity contribution in [1.29, 1.82) is 0 Å². The van der Waals surface area contributed by atoms with Crippen molar-refractivity contribution in [2.45, 2.75) is 38.1 Å². The van der Waals surface area contributed by atoms with Crippen LogP contribution in [0.5, 0.6) is 0 Å². The fraction of sp³-hybridized carbons (Fsp3) is 0.900. The second-order valence-electron chi connectivity index (χ2n) is 4.27.